The zero-order valence-electron chi connectivity index (χ0n) is 14.7. The van der Waals surface area contributed by atoms with Crippen molar-refractivity contribution >= 4 is 23.4 Å². The van der Waals surface area contributed by atoms with Crippen molar-refractivity contribution in [3.05, 3.63) is 24.0 Å². The van der Waals surface area contributed by atoms with Crippen molar-refractivity contribution in [3.63, 3.8) is 0 Å². The molecule has 2 aliphatic rings. The van der Waals surface area contributed by atoms with Gasteiger partial charge in [-0.3, -0.25) is 9.69 Å². The summed E-state index contributed by atoms with van der Waals surface area (Å²) in [6, 6.07) is 4.12. The number of hydrogen-bond donors (Lipinski definition) is 3. The number of piperazine rings is 1. The Kier molecular flexibility index (Phi) is 5.58. The number of benzene rings is 1. The van der Waals surface area contributed by atoms with Crippen LogP contribution in [-0.2, 0) is 9.53 Å². The Morgan fingerprint density at radius 2 is 2.19 bits per heavy atom. The summed E-state index contributed by atoms with van der Waals surface area (Å²) in [6.07, 6.45) is -1.06. The molecule has 2 saturated heterocycles. The van der Waals surface area contributed by atoms with Crippen molar-refractivity contribution in [1.29, 1.82) is 0 Å². The molecule has 26 heavy (non-hydrogen) atoms. The molecular weight excluding hydrogens is 341 g/mol. The highest BCUT2D eigenvalue weighted by Gasteiger charge is 2.33. The highest BCUT2D eigenvalue weighted by Crippen LogP contribution is 2.28. The van der Waals surface area contributed by atoms with Crippen LogP contribution < -0.4 is 26.2 Å². The van der Waals surface area contributed by atoms with Gasteiger partial charge in [-0.2, -0.15) is 0 Å². The number of cyclic esters (lactones) is 1. The maximum absolute atomic E-state index is 14.5. The van der Waals surface area contributed by atoms with Gasteiger partial charge in [0.25, 0.3) is 0 Å². The molecular formula is C17H24FN5O3. The van der Waals surface area contributed by atoms with Crippen LogP contribution in [0.15, 0.2) is 18.2 Å². The van der Waals surface area contributed by atoms with E-state index in [4.69, 9.17) is 10.5 Å². The lowest BCUT2D eigenvalue weighted by molar-refractivity contribution is -0.122. The SMILES string of the molecule is CC(N)C(=O)NC[C@@H]1CN(c2ccc(N3CCNCC3)c(F)c2)C(=O)O1. The summed E-state index contributed by atoms with van der Waals surface area (Å²) in [6.45, 7) is 5.09. The van der Waals surface area contributed by atoms with E-state index in [0.717, 1.165) is 26.2 Å². The van der Waals surface area contributed by atoms with Crippen molar-refractivity contribution in [2.75, 3.05) is 49.1 Å². The summed E-state index contributed by atoms with van der Waals surface area (Å²) in [5.74, 6) is -0.683. The predicted octanol–water partition coefficient (Wildman–Crippen LogP) is 0.0239. The Morgan fingerprint density at radius 1 is 1.46 bits per heavy atom. The average molecular weight is 365 g/mol. The first-order valence-electron chi connectivity index (χ1n) is 8.72. The normalized spacial score (nSPS) is 21.5. The van der Waals surface area contributed by atoms with Crippen molar-refractivity contribution in [2.24, 2.45) is 5.73 Å². The molecule has 3 rings (SSSR count). The van der Waals surface area contributed by atoms with Crippen LogP contribution in [0, 0.1) is 5.82 Å². The van der Waals surface area contributed by atoms with Gasteiger partial charge in [0.05, 0.1) is 30.5 Å². The van der Waals surface area contributed by atoms with Crippen molar-refractivity contribution in [3.8, 4) is 0 Å². The molecule has 8 nitrogen and oxygen atoms in total. The standard InChI is InChI=1S/C17H24FN5O3/c1-11(19)16(24)21-9-13-10-23(17(25)26-13)12-2-3-15(14(18)8-12)22-6-4-20-5-7-22/h2-3,8,11,13,20H,4-7,9-10,19H2,1H3,(H,21,24)/t11?,13-/m1/s1. The van der Waals surface area contributed by atoms with Gasteiger partial charge in [0, 0.05) is 26.2 Å². The van der Waals surface area contributed by atoms with Crippen LogP contribution in [0.3, 0.4) is 0 Å². The second-order valence-electron chi connectivity index (χ2n) is 6.52. The third-order valence-corrected chi connectivity index (χ3v) is 4.49. The second kappa shape index (κ2) is 7.88. The third kappa shape index (κ3) is 4.05. The molecule has 2 fully saturated rings. The van der Waals surface area contributed by atoms with E-state index in [1.807, 2.05) is 4.90 Å². The quantitative estimate of drug-likeness (QED) is 0.681. The van der Waals surface area contributed by atoms with Crippen LogP contribution in [0.4, 0.5) is 20.6 Å². The van der Waals surface area contributed by atoms with E-state index in [2.05, 4.69) is 10.6 Å². The van der Waals surface area contributed by atoms with E-state index in [9.17, 15) is 14.0 Å². The van der Waals surface area contributed by atoms with Crippen molar-refractivity contribution in [1.82, 2.24) is 10.6 Å². The number of nitrogens with one attached hydrogen (secondary N) is 2. The fourth-order valence-electron chi connectivity index (χ4n) is 3.04. The minimum absolute atomic E-state index is 0.171. The summed E-state index contributed by atoms with van der Waals surface area (Å²) in [5, 5.41) is 5.85. The first-order valence-corrected chi connectivity index (χ1v) is 8.72. The minimum atomic E-state index is -0.630. The number of nitrogens with zero attached hydrogens (tertiary/aromatic N) is 2. The molecule has 2 amide bonds. The Labute approximate surface area is 151 Å². The highest BCUT2D eigenvalue weighted by molar-refractivity contribution is 5.90. The van der Waals surface area contributed by atoms with Gasteiger partial charge in [-0.25, -0.2) is 9.18 Å². The molecule has 142 valence electrons. The Bertz CT molecular complexity index is 678. The number of halogens is 1. The van der Waals surface area contributed by atoms with E-state index in [1.165, 1.54) is 11.0 Å². The van der Waals surface area contributed by atoms with Crippen LogP contribution in [-0.4, -0.2) is 63.4 Å². The number of rotatable bonds is 5. The Morgan fingerprint density at radius 3 is 2.85 bits per heavy atom. The number of carbonyl (C=O) groups excluding carboxylic acids is 2. The van der Waals surface area contributed by atoms with E-state index >= 15 is 0 Å². The fourth-order valence-corrected chi connectivity index (χ4v) is 3.04. The number of amides is 2. The minimum Gasteiger partial charge on any atom is -0.442 e. The number of carbonyl (C=O) groups is 2. The maximum Gasteiger partial charge on any atom is 0.414 e. The number of ether oxygens (including phenoxy) is 1. The molecule has 1 unspecified atom stereocenters. The summed E-state index contributed by atoms with van der Waals surface area (Å²) in [4.78, 5) is 26.9. The molecule has 1 aromatic rings. The summed E-state index contributed by atoms with van der Waals surface area (Å²) in [7, 11) is 0. The first kappa shape index (κ1) is 18.4. The summed E-state index contributed by atoms with van der Waals surface area (Å²) >= 11 is 0. The van der Waals surface area contributed by atoms with Gasteiger partial charge in [0.1, 0.15) is 11.9 Å². The monoisotopic (exact) mass is 365 g/mol. The van der Waals surface area contributed by atoms with Crippen LogP contribution in [0.5, 0.6) is 0 Å². The molecule has 2 aliphatic heterocycles. The summed E-state index contributed by atoms with van der Waals surface area (Å²) in [5.41, 5.74) is 6.45. The van der Waals surface area contributed by atoms with Crippen LogP contribution in [0.25, 0.3) is 0 Å². The maximum atomic E-state index is 14.5. The van der Waals surface area contributed by atoms with Gasteiger partial charge in [-0.1, -0.05) is 0 Å². The van der Waals surface area contributed by atoms with Crippen LogP contribution in [0.2, 0.25) is 0 Å². The molecule has 2 heterocycles. The lowest BCUT2D eigenvalue weighted by atomic mass is 10.2. The molecule has 4 N–H and O–H groups in total. The number of hydrogen-bond acceptors (Lipinski definition) is 6. The molecule has 0 spiro atoms. The topological polar surface area (TPSA) is 99.9 Å². The third-order valence-electron chi connectivity index (χ3n) is 4.49. The van der Waals surface area contributed by atoms with E-state index in [-0.39, 0.29) is 24.8 Å². The molecule has 9 heteroatoms. The van der Waals surface area contributed by atoms with E-state index < -0.39 is 18.2 Å². The average Bonchev–Trinajstić information content (AvgIpc) is 3.01. The lowest BCUT2D eigenvalue weighted by Gasteiger charge is -2.30. The molecule has 1 aromatic carbocycles. The Balaban J connectivity index is 1.64. The smallest absolute Gasteiger partial charge is 0.414 e. The zero-order valence-corrected chi connectivity index (χ0v) is 14.7. The predicted molar refractivity (Wildman–Crippen MR) is 95.8 cm³/mol. The van der Waals surface area contributed by atoms with Gasteiger partial charge in [-0.15, -0.1) is 0 Å². The van der Waals surface area contributed by atoms with Gasteiger partial charge >= 0.3 is 6.09 Å². The molecule has 2 atom stereocenters. The van der Waals surface area contributed by atoms with Crippen molar-refractivity contribution < 1.29 is 18.7 Å². The zero-order chi connectivity index (χ0) is 18.7. The molecule has 0 saturated carbocycles. The molecule has 0 bridgehead atoms. The summed E-state index contributed by atoms with van der Waals surface area (Å²) < 4.78 is 19.8. The molecule has 0 aliphatic carbocycles. The number of anilines is 2. The number of nitrogens with two attached hydrogens (primary N) is 1. The Hall–Kier alpha value is -2.39. The molecule has 0 radical (unpaired) electrons. The van der Waals surface area contributed by atoms with Gasteiger partial charge in [0.2, 0.25) is 5.91 Å². The second-order valence-corrected chi connectivity index (χ2v) is 6.52. The van der Waals surface area contributed by atoms with Gasteiger partial charge in [-0.05, 0) is 25.1 Å². The highest BCUT2D eigenvalue weighted by atomic mass is 19.1. The fraction of sp³-hybridized carbons (Fsp3) is 0.529. The van der Waals surface area contributed by atoms with Gasteiger partial charge in [0.15, 0.2) is 0 Å². The van der Waals surface area contributed by atoms with E-state index in [1.54, 1.807) is 19.1 Å². The van der Waals surface area contributed by atoms with Crippen LogP contribution >= 0.6 is 0 Å². The largest absolute Gasteiger partial charge is 0.442 e. The molecule has 0 aromatic heterocycles. The first-order chi connectivity index (χ1) is 12.5. The van der Waals surface area contributed by atoms with Gasteiger partial charge < -0.3 is 26.0 Å². The van der Waals surface area contributed by atoms with E-state index in [0.29, 0.717) is 11.4 Å². The van der Waals surface area contributed by atoms with Crippen molar-refractivity contribution in [2.45, 2.75) is 19.1 Å². The van der Waals surface area contributed by atoms with Crippen LogP contribution in [0.1, 0.15) is 6.92 Å². The lowest BCUT2D eigenvalue weighted by Crippen LogP contribution is -2.43.